The first-order valence-corrected chi connectivity index (χ1v) is 5.49. The van der Waals surface area contributed by atoms with Gasteiger partial charge < -0.3 is 9.47 Å². The second-order valence-electron chi connectivity index (χ2n) is 3.95. The number of ether oxygens (including phenoxy) is 2. The Bertz CT molecular complexity index is 217. The molecule has 6 heteroatoms. The van der Waals surface area contributed by atoms with Crippen molar-refractivity contribution in [1.29, 1.82) is 0 Å². The van der Waals surface area contributed by atoms with E-state index in [1.54, 1.807) is 14.2 Å². The van der Waals surface area contributed by atoms with E-state index in [0.717, 1.165) is 25.9 Å². The summed E-state index contributed by atoms with van der Waals surface area (Å²) in [5.41, 5.74) is 2.18. The van der Waals surface area contributed by atoms with Crippen LogP contribution < -0.4 is 11.3 Å². The summed E-state index contributed by atoms with van der Waals surface area (Å²) in [6.45, 7) is 2.03. The van der Waals surface area contributed by atoms with Gasteiger partial charge in [0.1, 0.15) is 6.04 Å². The van der Waals surface area contributed by atoms with E-state index in [1.165, 1.54) is 0 Å². The number of hydrazine groups is 1. The third-order valence-electron chi connectivity index (χ3n) is 3.02. The van der Waals surface area contributed by atoms with Gasteiger partial charge in [0.05, 0.1) is 12.7 Å². The van der Waals surface area contributed by atoms with Gasteiger partial charge in [-0.1, -0.05) is 0 Å². The Labute approximate surface area is 96.0 Å². The molecule has 0 saturated carbocycles. The largest absolute Gasteiger partial charge is 0.383 e. The summed E-state index contributed by atoms with van der Waals surface area (Å²) < 4.78 is 10.3. The van der Waals surface area contributed by atoms with Crippen LogP contribution in [-0.4, -0.2) is 56.9 Å². The molecule has 1 rings (SSSR count). The molecule has 0 radical (unpaired) electrons. The molecular weight excluding hydrogens is 210 g/mol. The van der Waals surface area contributed by atoms with Gasteiger partial charge >= 0.3 is 0 Å². The van der Waals surface area contributed by atoms with Crippen LogP contribution in [0, 0.1) is 0 Å². The van der Waals surface area contributed by atoms with Crippen molar-refractivity contribution in [3.8, 4) is 0 Å². The molecule has 1 unspecified atom stereocenters. The molecule has 1 aliphatic heterocycles. The minimum absolute atomic E-state index is 0.197. The average molecular weight is 231 g/mol. The lowest BCUT2D eigenvalue weighted by Crippen LogP contribution is -2.54. The molecular formula is C10H21N3O3. The molecule has 1 aliphatic rings. The van der Waals surface area contributed by atoms with E-state index in [0.29, 0.717) is 12.7 Å². The zero-order valence-corrected chi connectivity index (χ0v) is 9.94. The van der Waals surface area contributed by atoms with Crippen molar-refractivity contribution >= 4 is 5.91 Å². The number of nitrogens with zero attached hydrogens (tertiary/aromatic N) is 1. The average Bonchev–Trinajstić information content (AvgIpc) is 2.35. The van der Waals surface area contributed by atoms with Crippen LogP contribution >= 0.6 is 0 Å². The standard InChI is InChI=1S/C10H21N3O3/c1-15-7-9(10(14)12-11)13-5-3-8(16-2)4-6-13/h8-9H,3-7,11H2,1-2H3,(H,12,14). The molecule has 16 heavy (non-hydrogen) atoms. The number of carbonyl (C=O) groups is 1. The van der Waals surface area contributed by atoms with Crippen LogP contribution in [0.5, 0.6) is 0 Å². The molecule has 0 aromatic carbocycles. The van der Waals surface area contributed by atoms with E-state index in [-0.39, 0.29) is 11.9 Å². The van der Waals surface area contributed by atoms with Gasteiger partial charge in [-0.15, -0.1) is 0 Å². The number of carbonyl (C=O) groups excluding carboxylic acids is 1. The van der Waals surface area contributed by atoms with Gasteiger partial charge in [-0.05, 0) is 12.8 Å². The third-order valence-corrected chi connectivity index (χ3v) is 3.02. The van der Waals surface area contributed by atoms with E-state index < -0.39 is 0 Å². The summed E-state index contributed by atoms with van der Waals surface area (Å²) in [5, 5.41) is 0. The number of rotatable bonds is 5. The fraction of sp³-hybridized carbons (Fsp3) is 0.900. The summed E-state index contributed by atoms with van der Waals surface area (Å²) in [7, 11) is 3.30. The molecule has 1 fully saturated rings. The zero-order chi connectivity index (χ0) is 12.0. The highest BCUT2D eigenvalue weighted by atomic mass is 16.5. The maximum Gasteiger partial charge on any atom is 0.253 e. The molecule has 0 aliphatic carbocycles. The van der Waals surface area contributed by atoms with Crippen LogP contribution in [0.1, 0.15) is 12.8 Å². The van der Waals surface area contributed by atoms with Crippen molar-refractivity contribution < 1.29 is 14.3 Å². The van der Waals surface area contributed by atoms with Gasteiger partial charge in [0.25, 0.3) is 5.91 Å². The Morgan fingerprint density at radius 2 is 2.12 bits per heavy atom. The predicted molar refractivity (Wildman–Crippen MR) is 59.6 cm³/mol. The van der Waals surface area contributed by atoms with Crippen molar-refractivity contribution in [1.82, 2.24) is 10.3 Å². The van der Waals surface area contributed by atoms with Crippen molar-refractivity contribution in [2.75, 3.05) is 33.9 Å². The summed E-state index contributed by atoms with van der Waals surface area (Å²) in [6.07, 6.45) is 2.18. The van der Waals surface area contributed by atoms with E-state index in [2.05, 4.69) is 10.3 Å². The van der Waals surface area contributed by atoms with Crippen LogP contribution in [-0.2, 0) is 14.3 Å². The van der Waals surface area contributed by atoms with Crippen LogP contribution in [0.15, 0.2) is 0 Å². The van der Waals surface area contributed by atoms with Gasteiger partial charge in [0, 0.05) is 27.3 Å². The fourth-order valence-electron chi connectivity index (χ4n) is 2.02. The van der Waals surface area contributed by atoms with Crippen molar-refractivity contribution in [2.45, 2.75) is 25.0 Å². The summed E-state index contributed by atoms with van der Waals surface area (Å²) in [5.74, 6) is 4.96. The van der Waals surface area contributed by atoms with Crippen LogP contribution in [0.3, 0.4) is 0 Å². The van der Waals surface area contributed by atoms with Crippen LogP contribution in [0.4, 0.5) is 0 Å². The van der Waals surface area contributed by atoms with E-state index >= 15 is 0 Å². The number of nitrogens with one attached hydrogen (secondary N) is 1. The first kappa shape index (κ1) is 13.4. The van der Waals surface area contributed by atoms with Gasteiger partial charge in [0.15, 0.2) is 0 Å². The Hall–Kier alpha value is -0.690. The van der Waals surface area contributed by atoms with E-state index in [1.807, 2.05) is 0 Å². The first-order valence-electron chi connectivity index (χ1n) is 5.49. The lowest BCUT2D eigenvalue weighted by Gasteiger charge is -2.35. The number of likely N-dealkylation sites (tertiary alicyclic amines) is 1. The zero-order valence-electron chi connectivity index (χ0n) is 9.94. The molecule has 1 saturated heterocycles. The number of amides is 1. The Morgan fingerprint density at radius 1 is 1.50 bits per heavy atom. The molecule has 0 aromatic heterocycles. The third kappa shape index (κ3) is 3.41. The number of methoxy groups -OCH3 is 2. The Balaban J connectivity index is 2.49. The minimum Gasteiger partial charge on any atom is -0.383 e. The molecule has 1 atom stereocenters. The highest BCUT2D eigenvalue weighted by Gasteiger charge is 2.29. The molecule has 94 valence electrons. The number of hydrogen-bond acceptors (Lipinski definition) is 5. The number of piperidine rings is 1. The van der Waals surface area contributed by atoms with E-state index in [4.69, 9.17) is 15.3 Å². The molecule has 0 bridgehead atoms. The second kappa shape index (κ2) is 6.80. The number of nitrogens with two attached hydrogens (primary N) is 1. The summed E-state index contributed by atoms with van der Waals surface area (Å²) in [4.78, 5) is 13.6. The molecule has 0 aromatic rings. The summed E-state index contributed by atoms with van der Waals surface area (Å²) >= 11 is 0. The molecule has 6 nitrogen and oxygen atoms in total. The highest BCUT2D eigenvalue weighted by Crippen LogP contribution is 2.15. The lowest BCUT2D eigenvalue weighted by atomic mass is 10.1. The van der Waals surface area contributed by atoms with Crippen molar-refractivity contribution in [3.05, 3.63) is 0 Å². The Kier molecular flexibility index (Phi) is 5.68. The van der Waals surface area contributed by atoms with Gasteiger partial charge in [0.2, 0.25) is 0 Å². The molecule has 1 heterocycles. The van der Waals surface area contributed by atoms with Gasteiger partial charge in [-0.25, -0.2) is 5.84 Å². The van der Waals surface area contributed by atoms with Crippen molar-refractivity contribution in [2.24, 2.45) is 5.84 Å². The maximum atomic E-state index is 11.6. The lowest BCUT2D eigenvalue weighted by molar-refractivity contribution is -0.129. The minimum atomic E-state index is -0.298. The number of hydrogen-bond donors (Lipinski definition) is 2. The quantitative estimate of drug-likeness (QED) is 0.364. The first-order chi connectivity index (χ1) is 7.72. The monoisotopic (exact) mass is 231 g/mol. The normalized spacial score (nSPS) is 20.7. The van der Waals surface area contributed by atoms with Crippen LogP contribution in [0.25, 0.3) is 0 Å². The topological polar surface area (TPSA) is 76.8 Å². The Morgan fingerprint density at radius 3 is 2.56 bits per heavy atom. The van der Waals surface area contributed by atoms with Crippen LogP contribution in [0.2, 0.25) is 0 Å². The van der Waals surface area contributed by atoms with Gasteiger partial charge in [-0.3, -0.25) is 15.1 Å². The smallest absolute Gasteiger partial charge is 0.253 e. The summed E-state index contributed by atoms with van der Waals surface area (Å²) in [6, 6.07) is -0.298. The van der Waals surface area contributed by atoms with E-state index in [9.17, 15) is 4.79 Å². The molecule has 0 spiro atoms. The molecule has 1 amide bonds. The van der Waals surface area contributed by atoms with Gasteiger partial charge in [-0.2, -0.15) is 0 Å². The fourth-order valence-corrected chi connectivity index (χ4v) is 2.02. The second-order valence-corrected chi connectivity index (χ2v) is 3.95. The SMILES string of the molecule is COCC(C(=O)NN)N1CCC(OC)CC1. The highest BCUT2D eigenvalue weighted by molar-refractivity contribution is 5.81. The van der Waals surface area contributed by atoms with Crippen molar-refractivity contribution in [3.63, 3.8) is 0 Å². The predicted octanol–water partition coefficient (Wildman–Crippen LogP) is -0.898. The molecule has 3 N–H and O–H groups in total. The maximum absolute atomic E-state index is 11.6.